The lowest BCUT2D eigenvalue weighted by atomic mass is 10.2. The predicted octanol–water partition coefficient (Wildman–Crippen LogP) is 2.59. The number of aromatic nitrogens is 2. The van der Waals surface area contributed by atoms with Crippen molar-refractivity contribution in [3.8, 4) is 0 Å². The molecule has 0 fully saturated rings. The molecule has 0 atom stereocenters. The molecule has 1 N–H and O–H groups in total. The Balaban J connectivity index is 3.00. The van der Waals surface area contributed by atoms with Crippen LogP contribution < -0.4 is 5.32 Å². The molecule has 3 heteroatoms. The van der Waals surface area contributed by atoms with Crippen LogP contribution in [0.1, 0.15) is 44.6 Å². The van der Waals surface area contributed by atoms with Crippen LogP contribution in [0.15, 0.2) is 6.07 Å². The van der Waals surface area contributed by atoms with Gasteiger partial charge in [0.1, 0.15) is 11.6 Å². The van der Waals surface area contributed by atoms with E-state index in [1.807, 2.05) is 13.1 Å². The molecule has 14 heavy (non-hydrogen) atoms. The molecule has 0 aliphatic carbocycles. The van der Waals surface area contributed by atoms with Crippen LogP contribution >= 0.6 is 0 Å². The molecule has 0 saturated carbocycles. The van der Waals surface area contributed by atoms with E-state index in [0.717, 1.165) is 30.2 Å². The molecule has 1 aromatic rings. The molecular weight excluding hydrogens is 174 g/mol. The van der Waals surface area contributed by atoms with E-state index in [2.05, 4.69) is 36.1 Å². The molecule has 0 unspecified atom stereocenters. The van der Waals surface area contributed by atoms with Gasteiger partial charge in [0, 0.05) is 24.7 Å². The van der Waals surface area contributed by atoms with Crippen LogP contribution in [0.25, 0.3) is 0 Å². The van der Waals surface area contributed by atoms with Crippen LogP contribution in [0.3, 0.4) is 0 Å². The van der Waals surface area contributed by atoms with Crippen molar-refractivity contribution in [2.45, 2.75) is 39.5 Å². The van der Waals surface area contributed by atoms with Crippen molar-refractivity contribution in [1.29, 1.82) is 0 Å². The Hall–Kier alpha value is -1.12. The topological polar surface area (TPSA) is 37.8 Å². The van der Waals surface area contributed by atoms with E-state index in [1.165, 1.54) is 0 Å². The lowest BCUT2D eigenvalue weighted by molar-refractivity contribution is 0.750. The smallest absolute Gasteiger partial charge is 0.133 e. The van der Waals surface area contributed by atoms with Gasteiger partial charge >= 0.3 is 0 Å². The van der Waals surface area contributed by atoms with Gasteiger partial charge in [0.2, 0.25) is 0 Å². The van der Waals surface area contributed by atoms with Crippen molar-refractivity contribution in [1.82, 2.24) is 9.97 Å². The molecule has 1 heterocycles. The molecule has 78 valence electrons. The van der Waals surface area contributed by atoms with Gasteiger partial charge in [-0.1, -0.05) is 27.2 Å². The molecule has 1 rings (SSSR count). The van der Waals surface area contributed by atoms with Crippen molar-refractivity contribution in [2.24, 2.45) is 0 Å². The summed E-state index contributed by atoms with van der Waals surface area (Å²) in [6.07, 6.45) is 2.15. The summed E-state index contributed by atoms with van der Waals surface area (Å²) >= 11 is 0. The number of anilines is 1. The Morgan fingerprint density at radius 1 is 1.36 bits per heavy atom. The highest BCUT2D eigenvalue weighted by molar-refractivity contribution is 5.35. The predicted molar refractivity (Wildman–Crippen MR) is 59.7 cm³/mol. The first-order valence-corrected chi connectivity index (χ1v) is 5.23. The molecule has 1 aromatic heterocycles. The van der Waals surface area contributed by atoms with Gasteiger partial charge in [-0.2, -0.15) is 0 Å². The van der Waals surface area contributed by atoms with Crippen LogP contribution in [0, 0.1) is 0 Å². The maximum Gasteiger partial charge on any atom is 0.133 e. The van der Waals surface area contributed by atoms with E-state index >= 15 is 0 Å². The number of nitrogens with one attached hydrogen (secondary N) is 1. The Labute approximate surface area is 86.0 Å². The minimum atomic E-state index is 0.388. The highest BCUT2D eigenvalue weighted by atomic mass is 15.0. The summed E-state index contributed by atoms with van der Waals surface area (Å²) in [5.41, 5.74) is 1.13. The quantitative estimate of drug-likeness (QED) is 0.798. The second kappa shape index (κ2) is 4.94. The average Bonchev–Trinajstić information content (AvgIpc) is 2.17. The van der Waals surface area contributed by atoms with Crippen molar-refractivity contribution in [3.63, 3.8) is 0 Å². The molecular formula is C11H19N3. The van der Waals surface area contributed by atoms with Gasteiger partial charge in [-0.3, -0.25) is 0 Å². The molecule has 0 aromatic carbocycles. The monoisotopic (exact) mass is 193 g/mol. The summed E-state index contributed by atoms with van der Waals surface area (Å²) in [4.78, 5) is 8.93. The highest BCUT2D eigenvalue weighted by Crippen LogP contribution is 2.14. The van der Waals surface area contributed by atoms with E-state index in [-0.39, 0.29) is 0 Å². The first-order chi connectivity index (χ1) is 6.67. The maximum absolute atomic E-state index is 4.52. The molecule has 0 spiro atoms. The van der Waals surface area contributed by atoms with Crippen LogP contribution in [0.4, 0.5) is 5.82 Å². The summed E-state index contributed by atoms with van der Waals surface area (Å²) in [6, 6.07) is 2.02. The van der Waals surface area contributed by atoms with E-state index in [9.17, 15) is 0 Å². The summed E-state index contributed by atoms with van der Waals surface area (Å²) in [6.45, 7) is 6.39. The number of hydrogen-bond acceptors (Lipinski definition) is 3. The molecule has 0 aliphatic heterocycles. The number of aryl methyl sites for hydroxylation is 1. The Bertz CT molecular complexity index is 295. The van der Waals surface area contributed by atoms with Crippen molar-refractivity contribution < 1.29 is 0 Å². The Morgan fingerprint density at radius 3 is 2.57 bits per heavy atom. The average molecular weight is 193 g/mol. The van der Waals surface area contributed by atoms with Crippen molar-refractivity contribution in [3.05, 3.63) is 17.6 Å². The Morgan fingerprint density at radius 2 is 2.07 bits per heavy atom. The van der Waals surface area contributed by atoms with Crippen molar-refractivity contribution in [2.75, 3.05) is 12.4 Å². The zero-order valence-electron chi connectivity index (χ0n) is 9.46. The van der Waals surface area contributed by atoms with Gasteiger partial charge in [0.15, 0.2) is 0 Å². The minimum Gasteiger partial charge on any atom is -0.373 e. The number of hydrogen-bond donors (Lipinski definition) is 1. The third-order valence-corrected chi connectivity index (χ3v) is 2.08. The third-order valence-electron chi connectivity index (χ3n) is 2.08. The summed E-state index contributed by atoms with van der Waals surface area (Å²) < 4.78 is 0. The Kier molecular flexibility index (Phi) is 3.86. The molecule has 0 amide bonds. The van der Waals surface area contributed by atoms with E-state index in [1.54, 1.807) is 0 Å². The normalized spacial score (nSPS) is 10.6. The van der Waals surface area contributed by atoms with Crippen LogP contribution in [-0.2, 0) is 6.42 Å². The second-order valence-electron chi connectivity index (χ2n) is 3.76. The fourth-order valence-electron chi connectivity index (χ4n) is 1.29. The molecule has 0 aliphatic rings. The van der Waals surface area contributed by atoms with Gasteiger partial charge in [-0.25, -0.2) is 9.97 Å². The number of rotatable bonds is 4. The second-order valence-corrected chi connectivity index (χ2v) is 3.76. The minimum absolute atomic E-state index is 0.388. The fraction of sp³-hybridized carbons (Fsp3) is 0.636. The largest absolute Gasteiger partial charge is 0.373 e. The van der Waals surface area contributed by atoms with E-state index < -0.39 is 0 Å². The summed E-state index contributed by atoms with van der Waals surface area (Å²) in [5.74, 6) is 2.24. The summed E-state index contributed by atoms with van der Waals surface area (Å²) in [7, 11) is 1.89. The zero-order valence-corrected chi connectivity index (χ0v) is 9.46. The molecule has 0 bridgehead atoms. The van der Waals surface area contributed by atoms with Crippen LogP contribution in [0.5, 0.6) is 0 Å². The van der Waals surface area contributed by atoms with Gasteiger partial charge in [-0.05, 0) is 6.42 Å². The molecule has 0 saturated heterocycles. The van der Waals surface area contributed by atoms with Crippen LogP contribution in [0.2, 0.25) is 0 Å². The van der Waals surface area contributed by atoms with Gasteiger partial charge in [0.05, 0.1) is 0 Å². The lowest BCUT2D eigenvalue weighted by Crippen LogP contribution is -2.04. The molecule has 0 radical (unpaired) electrons. The van der Waals surface area contributed by atoms with E-state index in [0.29, 0.717) is 5.92 Å². The SMILES string of the molecule is CCCc1cc(NC)nc(C(C)C)n1. The van der Waals surface area contributed by atoms with Gasteiger partial charge in [-0.15, -0.1) is 0 Å². The first kappa shape index (κ1) is 11.0. The zero-order chi connectivity index (χ0) is 10.6. The lowest BCUT2D eigenvalue weighted by Gasteiger charge is -2.09. The van der Waals surface area contributed by atoms with Crippen molar-refractivity contribution >= 4 is 5.82 Å². The van der Waals surface area contributed by atoms with Crippen LogP contribution in [-0.4, -0.2) is 17.0 Å². The maximum atomic E-state index is 4.52. The first-order valence-electron chi connectivity index (χ1n) is 5.23. The summed E-state index contributed by atoms with van der Waals surface area (Å²) in [5, 5.41) is 3.07. The third kappa shape index (κ3) is 2.69. The fourth-order valence-corrected chi connectivity index (χ4v) is 1.29. The number of nitrogens with zero attached hydrogens (tertiary/aromatic N) is 2. The standard InChI is InChI=1S/C11H19N3/c1-5-6-9-7-10(12-4)14-11(13-9)8(2)3/h7-8H,5-6H2,1-4H3,(H,12,13,14). The highest BCUT2D eigenvalue weighted by Gasteiger charge is 2.06. The van der Waals surface area contributed by atoms with E-state index in [4.69, 9.17) is 0 Å². The van der Waals surface area contributed by atoms with Gasteiger partial charge < -0.3 is 5.32 Å². The van der Waals surface area contributed by atoms with Gasteiger partial charge in [0.25, 0.3) is 0 Å². The molecule has 3 nitrogen and oxygen atoms in total.